The number of carboxylic acid groups (broad SMARTS) is 1. The standard InChI is InChI=1S/C15H20N2O4/c1-10-12(8-9-21-10)16(2)15(20)17(3)13-7-5-4-6-11(13)14(18)19/h4-7,10,12H,8-9H2,1-3H3,(H,18,19). The van der Waals surface area contributed by atoms with Gasteiger partial charge >= 0.3 is 12.0 Å². The second-order valence-electron chi connectivity index (χ2n) is 5.21. The lowest BCUT2D eigenvalue weighted by atomic mass is 10.1. The second kappa shape index (κ2) is 6.13. The number of nitrogens with zero attached hydrogens (tertiary/aromatic N) is 2. The van der Waals surface area contributed by atoms with E-state index in [1.807, 2.05) is 6.92 Å². The molecule has 1 saturated heterocycles. The number of hydrogen-bond donors (Lipinski definition) is 1. The number of para-hydroxylation sites is 1. The zero-order valence-electron chi connectivity index (χ0n) is 12.4. The molecule has 0 aliphatic carbocycles. The van der Waals surface area contributed by atoms with Crippen molar-refractivity contribution in [3.63, 3.8) is 0 Å². The lowest BCUT2D eigenvalue weighted by Gasteiger charge is -2.31. The van der Waals surface area contributed by atoms with Gasteiger partial charge in [0.25, 0.3) is 0 Å². The van der Waals surface area contributed by atoms with Crippen molar-refractivity contribution in [2.45, 2.75) is 25.5 Å². The Labute approximate surface area is 123 Å². The third-order valence-electron chi connectivity index (χ3n) is 3.92. The number of benzene rings is 1. The zero-order valence-corrected chi connectivity index (χ0v) is 12.4. The van der Waals surface area contributed by atoms with Gasteiger partial charge in [0.05, 0.1) is 23.4 Å². The summed E-state index contributed by atoms with van der Waals surface area (Å²) in [5.74, 6) is -1.05. The van der Waals surface area contributed by atoms with Crippen molar-refractivity contribution in [3.8, 4) is 0 Å². The zero-order chi connectivity index (χ0) is 15.6. The van der Waals surface area contributed by atoms with Crippen LogP contribution >= 0.6 is 0 Å². The quantitative estimate of drug-likeness (QED) is 0.925. The molecule has 1 aliphatic rings. The Kier molecular flexibility index (Phi) is 4.47. The van der Waals surface area contributed by atoms with Crippen LogP contribution < -0.4 is 4.90 Å². The van der Waals surface area contributed by atoms with Crippen LogP contribution in [0.3, 0.4) is 0 Å². The van der Waals surface area contributed by atoms with Crippen LogP contribution in [0.15, 0.2) is 24.3 Å². The maximum absolute atomic E-state index is 12.6. The van der Waals surface area contributed by atoms with Gasteiger partial charge in [-0.25, -0.2) is 9.59 Å². The Balaban J connectivity index is 2.21. The van der Waals surface area contributed by atoms with E-state index in [2.05, 4.69) is 0 Å². The molecule has 21 heavy (non-hydrogen) atoms. The summed E-state index contributed by atoms with van der Waals surface area (Å²) in [6.45, 7) is 2.57. The molecule has 0 spiro atoms. The first-order chi connectivity index (χ1) is 9.93. The van der Waals surface area contributed by atoms with Crippen LogP contribution in [0, 0.1) is 0 Å². The van der Waals surface area contributed by atoms with Gasteiger partial charge in [0, 0.05) is 20.7 Å². The number of carboxylic acids is 1. The number of amides is 2. The largest absolute Gasteiger partial charge is 0.478 e. The van der Waals surface area contributed by atoms with E-state index in [-0.39, 0.29) is 23.7 Å². The average molecular weight is 292 g/mol. The molecule has 1 heterocycles. The molecular formula is C15H20N2O4. The van der Waals surface area contributed by atoms with Gasteiger partial charge in [-0.3, -0.25) is 4.90 Å². The minimum absolute atomic E-state index is 0.0111. The van der Waals surface area contributed by atoms with Crippen LogP contribution in [-0.2, 0) is 4.74 Å². The van der Waals surface area contributed by atoms with Crippen LogP contribution in [-0.4, -0.2) is 54.9 Å². The number of ether oxygens (including phenoxy) is 1. The van der Waals surface area contributed by atoms with Gasteiger partial charge in [0.15, 0.2) is 0 Å². The van der Waals surface area contributed by atoms with E-state index in [1.54, 1.807) is 37.2 Å². The highest BCUT2D eigenvalue weighted by Gasteiger charge is 2.32. The van der Waals surface area contributed by atoms with E-state index in [0.717, 1.165) is 6.42 Å². The number of likely N-dealkylation sites (N-methyl/N-ethyl adjacent to an activating group) is 1. The van der Waals surface area contributed by atoms with Gasteiger partial charge in [-0.1, -0.05) is 12.1 Å². The van der Waals surface area contributed by atoms with Crippen molar-refractivity contribution >= 4 is 17.7 Å². The molecule has 1 fully saturated rings. The lowest BCUT2D eigenvalue weighted by Crippen LogP contribution is -2.47. The highest BCUT2D eigenvalue weighted by atomic mass is 16.5. The van der Waals surface area contributed by atoms with E-state index in [1.165, 1.54) is 11.0 Å². The van der Waals surface area contributed by atoms with Gasteiger partial charge in [-0.15, -0.1) is 0 Å². The Hall–Kier alpha value is -2.08. The summed E-state index contributed by atoms with van der Waals surface area (Å²) in [5, 5.41) is 9.22. The smallest absolute Gasteiger partial charge is 0.337 e. The van der Waals surface area contributed by atoms with Gasteiger partial charge < -0.3 is 14.7 Å². The molecule has 2 unspecified atom stereocenters. The predicted molar refractivity (Wildman–Crippen MR) is 78.8 cm³/mol. The highest BCUT2D eigenvalue weighted by Crippen LogP contribution is 2.23. The molecule has 1 N–H and O–H groups in total. The molecule has 0 bridgehead atoms. The predicted octanol–water partition coefficient (Wildman–Crippen LogP) is 2.05. The monoisotopic (exact) mass is 292 g/mol. The average Bonchev–Trinajstić information content (AvgIpc) is 2.91. The van der Waals surface area contributed by atoms with Crippen molar-refractivity contribution in [2.24, 2.45) is 0 Å². The van der Waals surface area contributed by atoms with Gasteiger partial charge in [0.1, 0.15) is 0 Å². The fourth-order valence-electron chi connectivity index (χ4n) is 2.66. The lowest BCUT2D eigenvalue weighted by molar-refractivity contribution is 0.0697. The Bertz CT molecular complexity index is 546. The van der Waals surface area contributed by atoms with Crippen LogP contribution in [0.25, 0.3) is 0 Å². The molecule has 1 aliphatic heterocycles. The van der Waals surface area contributed by atoms with Gasteiger partial charge in [-0.2, -0.15) is 0 Å². The van der Waals surface area contributed by atoms with Gasteiger partial charge in [-0.05, 0) is 25.5 Å². The number of aromatic carboxylic acids is 1. The van der Waals surface area contributed by atoms with Crippen molar-refractivity contribution < 1.29 is 19.4 Å². The third-order valence-corrected chi connectivity index (χ3v) is 3.92. The minimum Gasteiger partial charge on any atom is -0.478 e. The summed E-state index contributed by atoms with van der Waals surface area (Å²) in [7, 11) is 3.30. The van der Waals surface area contributed by atoms with E-state index in [4.69, 9.17) is 4.74 Å². The highest BCUT2D eigenvalue weighted by molar-refractivity contribution is 6.01. The number of hydrogen-bond acceptors (Lipinski definition) is 3. The van der Waals surface area contributed by atoms with Crippen molar-refractivity contribution in [1.29, 1.82) is 0 Å². The summed E-state index contributed by atoms with van der Waals surface area (Å²) in [4.78, 5) is 26.8. The molecule has 0 aromatic heterocycles. The Morgan fingerprint density at radius 3 is 2.52 bits per heavy atom. The minimum atomic E-state index is -1.05. The van der Waals surface area contributed by atoms with E-state index in [0.29, 0.717) is 12.3 Å². The maximum atomic E-state index is 12.6. The Morgan fingerprint density at radius 2 is 1.95 bits per heavy atom. The fourth-order valence-corrected chi connectivity index (χ4v) is 2.66. The molecule has 2 rings (SSSR count). The molecule has 0 radical (unpaired) electrons. The van der Waals surface area contributed by atoms with Crippen molar-refractivity contribution in [2.75, 3.05) is 25.6 Å². The summed E-state index contributed by atoms with van der Waals surface area (Å²) < 4.78 is 5.48. The van der Waals surface area contributed by atoms with Gasteiger partial charge in [0.2, 0.25) is 0 Å². The number of carbonyl (C=O) groups is 2. The molecule has 114 valence electrons. The van der Waals surface area contributed by atoms with Crippen LogP contribution in [0.4, 0.5) is 10.5 Å². The van der Waals surface area contributed by atoms with E-state index < -0.39 is 5.97 Å². The number of urea groups is 1. The SMILES string of the molecule is CC1OCCC1N(C)C(=O)N(C)c1ccccc1C(=O)O. The van der Waals surface area contributed by atoms with Crippen LogP contribution in [0.5, 0.6) is 0 Å². The summed E-state index contributed by atoms with van der Waals surface area (Å²) >= 11 is 0. The summed E-state index contributed by atoms with van der Waals surface area (Å²) in [6.07, 6.45) is 0.778. The first kappa shape index (κ1) is 15.3. The molecule has 0 saturated carbocycles. The first-order valence-electron chi connectivity index (χ1n) is 6.88. The molecule has 1 aromatic carbocycles. The number of rotatable bonds is 3. The molecular weight excluding hydrogens is 272 g/mol. The molecule has 2 atom stereocenters. The van der Waals surface area contributed by atoms with Crippen LogP contribution in [0.2, 0.25) is 0 Å². The molecule has 2 amide bonds. The molecule has 6 heteroatoms. The summed E-state index contributed by atoms with van der Waals surface area (Å²) in [5.41, 5.74) is 0.492. The van der Waals surface area contributed by atoms with Crippen molar-refractivity contribution in [3.05, 3.63) is 29.8 Å². The Morgan fingerprint density at radius 1 is 1.29 bits per heavy atom. The molecule has 6 nitrogen and oxygen atoms in total. The number of carbonyl (C=O) groups excluding carboxylic acids is 1. The normalized spacial score (nSPS) is 21.1. The second-order valence-corrected chi connectivity index (χ2v) is 5.21. The van der Waals surface area contributed by atoms with Crippen molar-refractivity contribution in [1.82, 2.24) is 4.90 Å². The maximum Gasteiger partial charge on any atom is 0.337 e. The number of anilines is 1. The summed E-state index contributed by atoms with van der Waals surface area (Å²) in [6, 6.07) is 6.24. The first-order valence-corrected chi connectivity index (χ1v) is 6.88. The van der Waals surface area contributed by atoms with Crippen LogP contribution in [0.1, 0.15) is 23.7 Å². The topological polar surface area (TPSA) is 70.1 Å². The van der Waals surface area contributed by atoms with E-state index in [9.17, 15) is 14.7 Å². The van der Waals surface area contributed by atoms with E-state index >= 15 is 0 Å². The third kappa shape index (κ3) is 3.00. The molecule has 1 aromatic rings. The fraction of sp³-hybridized carbons (Fsp3) is 0.467.